The Morgan fingerprint density at radius 1 is 1.29 bits per heavy atom. The van der Waals surface area contributed by atoms with Crippen molar-refractivity contribution in [3.05, 3.63) is 0 Å². The summed E-state index contributed by atoms with van der Waals surface area (Å²) in [5.74, 6) is 0.741. The molecule has 2 fully saturated rings. The predicted molar refractivity (Wildman–Crippen MR) is 60.4 cm³/mol. The Morgan fingerprint density at radius 3 is 2.79 bits per heavy atom. The van der Waals surface area contributed by atoms with Crippen LogP contribution in [-0.4, -0.2) is 28.8 Å². The summed E-state index contributed by atoms with van der Waals surface area (Å²) in [6.07, 6.45) is 6.43. The number of carbonyl (C=O) groups is 1. The average Bonchev–Trinajstić information content (AvgIpc) is 2.56. The molecule has 2 rings (SSSR count). The minimum atomic E-state index is 0.278. The predicted octanol–water partition coefficient (Wildman–Crippen LogP) is 2.17. The molecular weight excluding hydrogens is 194 g/mol. The third-order valence-electron chi connectivity index (χ3n) is 3.29. The lowest BCUT2D eigenvalue weighted by molar-refractivity contribution is -0.124. The first kappa shape index (κ1) is 10.1. The number of hydrogen-bond donors (Lipinski definition) is 0. The van der Waals surface area contributed by atoms with E-state index in [1.54, 1.807) is 0 Å². The van der Waals surface area contributed by atoms with E-state index >= 15 is 0 Å². The Balaban J connectivity index is 1.89. The molecule has 0 amide bonds. The van der Waals surface area contributed by atoms with Crippen LogP contribution in [0.5, 0.6) is 0 Å². The van der Waals surface area contributed by atoms with Gasteiger partial charge in [0.1, 0.15) is 5.78 Å². The maximum Gasteiger partial charge on any atom is 0.137 e. The van der Waals surface area contributed by atoms with Gasteiger partial charge in [-0.15, -0.1) is 0 Å². The highest BCUT2D eigenvalue weighted by molar-refractivity contribution is 7.80. The zero-order chi connectivity index (χ0) is 9.97. The molecule has 0 spiro atoms. The molecule has 3 heteroatoms. The van der Waals surface area contributed by atoms with Gasteiger partial charge in [0.05, 0.1) is 4.99 Å². The minimum absolute atomic E-state index is 0.278. The van der Waals surface area contributed by atoms with Gasteiger partial charge in [0.25, 0.3) is 0 Å². The van der Waals surface area contributed by atoms with E-state index in [9.17, 15) is 4.79 Å². The van der Waals surface area contributed by atoms with Gasteiger partial charge >= 0.3 is 0 Å². The van der Waals surface area contributed by atoms with Crippen molar-refractivity contribution in [2.24, 2.45) is 5.92 Å². The number of carbonyl (C=O) groups excluding carboxylic acids is 1. The Hall–Kier alpha value is -0.440. The molecule has 1 aliphatic heterocycles. The van der Waals surface area contributed by atoms with Crippen LogP contribution < -0.4 is 0 Å². The van der Waals surface area contributed by atoms with E-state index in [-0.39, 0.29) is 5.92 Å². The summed E-state index contributed by atoms with van der Waals surface area (Å²) < 4.78 is 0. The van der Waals surface area contributed by atoms with E-state index in [4.69, 9.17) is 12.2 Å². The SMILES string of the molecule is O=C1CCCCC1CN1CCCC1=S. The lowest BCUT2D eigenvalue weighted by Gasteiger charge is -2.26. The van der Waals surface area contributed by atoms with Crippen molar-refractivity contribution < 1.29 is 4.79 Å². The first-order valence-corrected chi connectivity index (χ1v) is 5.98. The maximum atomic E-state index is 11.6. The number of Topliss-reactive ketones (excluding diaryl/α,β-unsaturated/α-hetero) is 1. The summed E-state index contributed by atoms with van der Waals surface area (Å²) >= 11 is 5.26. The van der Waals surface area contributed by atoms with E-state index in [0.717, 1.165) is 43.8 Å². The van der Waals surface area contributed by atoms with Crippen molar-refractivity contribution in [1.29, 1.82) is 0 Å². The van der Waals surface area contributed by atoms with Crippen molar-refractivity contribution in [2.45, 2.75) is 38.5 Å². The van der Waals surface area contributed by atoms with Crippen LogP contribution in [0.15, 0.2) is 0 Å². The Morgan fingerprint density at radius 2 is 2.14 bits per heavy atom. The molecule has 2 nitrogen and oxygen atoms in total. The van der Waals surface area contributed by atoms with Crippen LogP contribution in [-0.2, 0) is 4.79 Å². The molecular formula is C11H17NOS. The summed E-state index contributed by atoms with van der Waals surface area (Å²) in [5.41, 5.74) is 0. The summed E-state index contributed by atoms with van der Waals surface area (Å²) in [5, 5.41) is 0. The smallest absolute Gasteiger partial charge is 0.137 e. The van der Waals surface area contributed by atoms with Gasteiger partial charge in [-0.1, -0.05) is 18.6 Å². The molecule has 1 unspecified atom stereocenters. The summed E-state index contributed by atoms with van der Waals surface area (Å²) in [6, 6.07) is 0. The van der Waals surface area contributed by atoms with Gasteiger partial charge < -0.3 is 4.90 Å². The highest BCUT2D eigenvalue weighted by Crippen LogP contribution is 2.23. The average molecular weight is 211 g/mol. The van der Waals surface area contributed by atoms with Gasteiger partial charge in [0.15, 0.2) is 0 Å². The van der Waals surface area contributed by atoms with Crippen LogP contribution in [0.3, 0.4) is 0 Å². The zero-order valence-electron chi connectivity index (χ0n) is 8.50. The largest absolute Gasteiger partial charge is 0.365 e. The van der Waals surface area contributed by atoms with Crippen LogP contribution in [0.25, 0.3) is 0 Å². The molecule has 1 saturated heterocycles. The molecule has 78 valence electrons. The second-order valence-electron chi connectivity index (χ2n) is 4.35. The lowest BCUT2D eigenvalue weighted by atomic mass is 9.88. The van der Waals surface area contributed by atoms with Crippen molar-refractivity contribution in [3.63, 3.8) is 0 Å². The first-order chi connectivity index (χ1) is 6.77. The van der Waals surface area contributed by atoms with Crippen molar-refractivity contribution in [1.82, 2.24) is 4.90 Å². The number of thiocarbonyl (C=S) groups is 1. The van der Waals surface area contributed by atoms with Crippen molar-refractivity contribution in [2.75, 3.05) is 13.1 Å². The van der Waals surface area contributed by atoms with E-state index in [0.29, 0.717) is 5.78 Å². The van der Waals surface area contributed by atoms with E-state index in [1.807, 2.05) is 0 Å². The third kappa shape index (κ3) is 2.14. The summed E-state index contributed by atoms with van der Waals surface area (Å²) in [4.78, 5) is 14.9. The monoisotopic (exact) mass is 211 g/mol. The van der Waals surface area contributed by atoms with Crippen LogP contribution in [0.2, 0.25) is 0 Å². The van der Waals surface area contributed by atoms with E-state index in [2.05, 4.69) is 4.90 Å². The molecule has 0 aromatic rings. The molecule has 14 heavy (non-hydrogen) atoms. The Kier molecular flexibility index (Phi) is 3.16. The van der Waals surface area contributed by atoms with E-state index < -0.39 is 0 Å². The van der Waals surface area contributed by atoms with Crippen LogP contribution in [0.1, 0.15) is 38.5 Å². The normalized spacial score (nSPS) is 28.6. The molecule has 1 heterocycles. The molecule has 1 aliphatic carbocycles. The Labute approximate surface area is 90.7 Å². The van der Waals surface area contributed by atoms with Gasteiger partial charge in [0.2, 0.25) is 0 Å². The molecule has 2 aliphatic rings. The van der Waals surface area contributed by atoms with Gasteiger partial charge in [-0.2, -0.15) is 0 Å². The summed E-state index contributed by atoms with van der Waals surface area (Å²) in [6.45, 7) is 1.97. The van der Waals surface area contributed by atoms with Gasteiger partial charge in [-0.05, 0) is 25.7 Å². The van der Waals surface area contributed by atoms with Gasteiger partial charge in [-0.25, -0.2) is 0 Å². The molecule has 0 aromatic heterocycles. The summed E-state index contributed by atoms with van der Waals surface area (Å²) in [7, 11) is 0. The highest BCUT2D eigenvalue weighted by atomic mass is 32.1. The van der Waals surface area contributed by atoms with E-state index in [1.165, 1.54) is 12.8 Å². The zero-order valence-corrected chi connectivity index (χ0v) is 9.31. The number of ketones is 1. The van der Waals surface area contributed by atoms with Gasteiger partial charge in [0, 0.05) is 25.4 Å². The molecule has 0 bridgehead atoms. The molecule has 1 atom stereocenters. The van der Waals surface area contributed by atoms with Crippen molar-refractivity contribution >= 4 is 23.0 Å². The van der Waals surface area contributed by atoms with Gasteiger partial charge in [-0.3, -0.25) is 4.79 Å². The number of hydrogen-bond acceptors (Lipinski definition) is 2. The van der Waals surface area contributed by atoms with Crippen LogP contribution >= 0.6 is 12.2 Å². The fourth-order valence-electron chi connectivity index (χ4n) is 2.41. The second-order valence-corrected chi connectivity index (χ2v) is 4.82. The standard InChI is InChI=1S/C11H17NOS/c13-10-5-2-1-4-9(10)8-12-7-3-6-11(12)14/h9H,1-8H2. The first-order valence-electron chi connectivity index (χ1n) is 5.58. The highest BCUT2D eigenvalue weighted by Gasteiger charge is 2.26. The number of rotatable bonds is 2. The lowest BCUT2D eigenvalue weighted by Crippen LogP contribution is -2.34. The quantitative estimate of drug-likeness (QED) is 0.653. The molecule has 1 saturated carbocycles. The van der Waals surface area contributed by atoms with Crippen LogP contribution in [0.4, 0.5) is 0 Å². The second kappa shape index (κ2) is 4.39. The Bertz CT molecular complexity index is 252. The van der Waals surface area contributed by atoms with Crippen molar-refractivity contribution in [3.8, 4) is 0 Å². The number of nitrogens with zero attached hydrogens (tertiary/aromatic N) is 1. The number of likely N-dealkylation sites (tertiary alicyclic amines) is 1. The third-order valence-corrected chi connectivity index (χ3v) is 3.76. The fourth-order valence-corrected chi connectivity index (χ4v) is 2.72. The molecule has 0 radical (unpaired) electrons. The molecule has 0 aromatic carbocycles. The molecule has 0 N–H and O–H groups in total. The minimum Gasteiger partial charge on any atom is -0.365 e. The fraction of sp³-hybridized carbons (Fsp3) is 0.818. The topological polar surface area (TPSA) is 20.3 Å². The maximum absolute atomic E-state index is 11.6. The van der Waals surface area contributed by atoms with Crippen LogP contribution in [0, 0.1) is 5.92 Å².